The maximum absolute atomic E-state index is 4.49. The molecule has 2 nitrogen and oxygen atoms in total. The summed E-state index contributed by atoms with van der Waals surface area (Å²) in [5, 5.41) is 4.95. The summed E-state index contributed by atoms with van der Waals surface area (Å²) >= 11 is 2.05. The van der Waals surface area contributed by atoms with Crippen molar-refractivity contribution in [1.29, 1.82) is 0 Å². The normalized spacial score (nSPS) is 19.5. The van der Waals surface area contributed by atoms with E-state index >= 15 is 0 Å². The molecule has 2 heterocycles. The number of hydrogen-bond donors (Lipinski definition) is 1. The van der Waals surface area contributed by atoms with E-state index in [1.165, 1.54) is 34.4 Å². The van der Waals surface area contributed by atoms with Crippen LogP contribution in [-0.4, -0.2) is 22.5 Å². The molecule has 1 N–H and O–H groups in total. The topological polar surface area (TPSA) is 24.9 Å². The number of nitrogens with one attached hydrogen (secondary N) is 1. The standard InChI is InChI=1S/C15H18N2S/c1-11-4-5-12(9-17-13-6-8-18-10-13)14-3-2-7-16-15(11)14/h2-5,7,13,17H,6,8-10H2,1H3/t13-/m1/s1. The van der Waals surface area contributed by atoms with E-state index in [2.05, 4.69) is 35.4 Å². The Morgan fingerprint density at radius 1 is 1.39 bits per heavy atom. The first-order valence-corrected chi connectivity index (χ1v) is 7.64. The molecule has 1 atom stereocenters. The monoisotopic (exact) mass is 258 g/mol. The number of nitrogens with zero attached hydrogens (tertiary/aromatic N) is 1. The van der Waals surface area contributed by atoms with Gasteiger partial charge in [-0.05, 0) is 36.3 Å². The first kappa shape index (κ1) is 12.0. The van der Waals surface area contributed by atoms with Crippen LogP contribution in [0.25, 0.3) is 10.9 Å². The van der Waals surface area contributed by atoms with Crippen LogP contribution in [-0.2, 0) is 6.54 Å². The van der Waals surface area contributed by atoms with Crippen LogP contribution in [0.4, 0.5) is 0 Å². The summed E-state index contributed by atoms with van der Waals surface area (Å²) in [6.45, 7) is 3.08. The minimum absolute atomic E-state index is 0.683. The van der Waals surface area contributed by atoms with Crippen molar-refractivity contribution in [2.24, 2.45) is 0 Å². The quantitative estimate of drug-likeness (QED) is 0.915. The Morgan fingerprint density at radius 3 is 3.17 bits per heavy atom. The number of aromatic nitrogens is 1. The van der Waals surface area contributed by atoms with E-state index in [4.69, 9.17) is 0 Å². The van der Waals surface area contributed by atoms with Gasteiger partial charge in [-0.15, -0.1) is 0 Å². The van der Waals surface area contributed by atoms with Gasteiger partial charge in [-0.25, -0.2) is 0 Å². The molecular weight excluding hydrogens is 240 g/mol. The van der Waals surface area contributed by atoms with Crippen molar-refractivity contribution >= 4 is 22.7 Å². The first-order chi connectivity index (χ1) is 8.84. The molecule has 18 heavy (non-hydrogen) atoms. The molecule has 1 saturated heterocycles. The van der Waals surface area contributed by atoms with Gasteiger partial charge in [0.25, 0.3) is 0 Å². The van der Waals surface area contributed by atoms with Gasteiger partial charge in [0.05, 0.1) is 5.52 Å². The van der Waals surface area contributed by atoms with Crippen molar-refractivity contribution in [2.45, 2.75) is 25.9 Å². The highest BCUT2D eigenvalue weighted by atomic mass is 32.2. The van der Waals surface area contributed by atoms with Gasteiger partial charge in [-0.1, -0.05) is 18.2 Å². The van der Waals surface area contributed by atoms with Crippen molar-refractivity contribution in [1.82, 2.24) is 10.3 Å². The Balaban J connectivity index is 1.85. The molecule has 0 spiro atoms. The molecular formula is C15H18N2S. The van der Waals surface area contributed by atoms with Gasteiger partial charge in [-0.2, -0.15) is 11.8 Å². The van der Waals surface area contributed by atoms with Gasteiger partial charge in [0.15, 0.2) is 0 Å². The largest absolute Gasteiger partial charge is 0.309 e. The van der Waals surface area contributed by atoms with Crippen molar-refractivity contribution in [3.63, 3.8) is 0 Å². The number of hydrogen-bond acceptors (Lipinski definition) is 3. The molecule has 0 aliphatic carbocycles. The Morgan fingerprint density at radius 2 is 2.33 bits per heavy atom. The number of benzene rings is 1. The average Bonchev–Trinajstić information content (AvgIpc) is 2.92. The van der Waals surface area contributed by atoms with E-state index in [0.29, 0.717) is 6.04 Å². The van der Waals surface area contributed by atoms with Crippen molar-refractivity contribution in [3.8, 4) is 0 Å². The summed E-state index contributed by atoms with van der Waals surface area (Å²) in [6.07, 6.45) is 3.17. The Kier molecular flexibility index (Phi) is 3.52. The third-order valence-corrected chi connectivity index (χ3v) is 4.74. The molecule has 1 aromatic carbocycles. The number of pyridine rings is 1. The lowest BCUT2D eigenvalue weighted by atomic mass is 10.0. The zero-order valence-corrected chi connectivity index (χ0v) is 11.5. The van der Waals surface area contributed by atoms with E-state index in [-0.39, 0.29) is 0 Å². The highest BCUT2D eigenvalue weighted by Crippen LogP contribution is 2.22. The van der Waals surface area contributed by atoms with Crippen LogP contribution in [0, 0.1) is 6.92 Å². The maximum Gasteiger partial charge on any atom is 0.0734 e. The fraction of sp³-hybridized carbons (Fsp3) is 0.400. The molecule has 0 radical (unpaired) electrons. The third-order valence-electron chi connectivity index (χ3n) is 3.57. The molecule has 0 amide bonds. The van der Waals surface area contributed by atoms with Gasteiger partial charge >= 0.3 is 0 Å². The number of thioether (sulfide) groups is 1. The van der Waals surface area contributed by atoms with Crippen LogP contribution < -0.4 is 5.32 Å². The minimum atomic E-state index is 0.683. The van der Waals surface area contributed by atoms with Gasteiger partial charge in [0, 0.05) is 29.9 Å². The molecule has 2 aromatic rings. The maximum atomic E-state index is 4.49. The number of aryl methyl sites for hydroxylation is 1. The summed E-state index contributed by atoms with van der Waals surface area (Å²) in [4.78, 5) is 4.49. The van der Waals surface area contributed by atoms with E-state index in [0.717, 1.165) is 12.1 Å². The van der Waals surface area contributed by atoms with Crippen molar-refractivity contribution in [2.75, 3.05) is 11.5 Å². The summed E-state index contributed by atoms with van der Waals surface area (Å²) in [7, 11) is 0. The molecule has 0 unspecified atom stereocenters. The summed E-state index contributed by atoms with van der Waals surface area (Å²) < 4.78 is 0. The minimum Gasteiger partial charge on any atom is -0.309 e. The molecule has 0 bridgehead atoms. The fourth-order valence-electron chi connectivity index (χ4n) is 2.48. The van der Waals surface area contributed by atoms with Crippen LogP contribution >= 0.6 is 11.8 Å². The van der Waals surface area contributed by atoms with E-state index in [1.54, 1.807) is 0 Å². The second-order valence-electron chi connectivity index (χ2n) is 4.88. The van der Waals surface area contributed by atoms with Crippen LogP contribution in [0.5, 0.6) is 0 Å². The molecule has 3 heteroatoms. The first-order valence-electron chi connectivity index (χ1n) is 6.49. The lowest BCUT2D eigenvalue weighted by Crippen LogP contribution is -2.28. The van der Waals surface area contributed by atoms with Gasteiger partial charge in [0.1, 0.15) is 0 Å². The predicted octanol–water partition coefficient (Wildman–Crippen LogP) is 3.14. The zero-order chi connectivity index (χ0) is 12.4. The van der Waals surface area contributed by atoms with Crippen molar-refractivity contribution in [3.05, 3.63) is 41.6 Å². The third kappa shape index (κ3) is 2.38. The Labute approximate surface area is 112 Å². The summed E-state index contributed by atoms with van der Waals surface area (Å²) in [6, 6.07) is 9.29. The van der Waals surface area contributed by atoms with E-state index in [9.17, 15) is 0 Å². The molecule has 3 rings (SSSR count). The highest BCUT2D eigenvalue weighted by molar-refractivity contribution is 7.99. The number of rotatable bonds is 3. The lowest BCUT2D eigenvalue weighted by Gasteiger charge is -2.13. The van der Waals surface area contributed by atoms with E-state index < -0.39 is 0 Å². The Hall–Kier alpha value is -1.06. The van der Waals surface area contributed by atoms with Gasteiger partial charge in [0.2, 0.25) is 0 Å². The smallest absolute Gasteiger partial charge is 0.0734 e. The second-order valence-corrected chi connectivity index (χ2v) is 6.03. The fourth-order valence-corrected chi connectivity index (χ4v) is 3.66. The molecule has 1 fully saturated rings. The van der Waals surface area contributed by atoms with Gasteiger partial charge < -0.3 is 5.32 Å². The number of fused-ring (bicyclic) bond motifs is 1. The summed E-state index contributed by atoms with van der Waals surface area (Å²) in [5.41, 5.74) is 3.75. The molecule has 1 aliphatic rings. The SMILES string of the molecule is Cc1ccc(CN[C@@H]2CCSC2)c2cccnc12. The van der Waals surface area contributed by atoms with Crippen LogP contribution in [0.15, 0.2) is 30.5 Å². The second kappa shape index (κ2) is 5.29. The van der Waals surface area contributed by atoms with Crippen LogP contribution in [0.1, 0.15) is 17.5 Å². The molecule has 94 valence electrons. The molecule has 0 saturated carbocycles. The van der Waals surface area contributed by atoms with Crippen LogP contribution in [0.2, 0.25) is 0 Å². The predicted molar refractivity (Wildman–Crippen MR) is 79.0 cm³/mol. The van der Waals surface area contributed by atoms with Crippen molar-refractivity contribution < 1.29 is 0 Å². The average molecular weight is 258 g/mol. The molecule has 1 aromatic heterocycles. The zero-order valence-electron chi connectivity index (χ0n) is 10.6. The highest BCUT2D eigenvalue weighted by Gasteiger charge is 2.14. The van der Waals surface area contributed by atoms with Crippen LogP contribution in [0.3, 0.4) is 0 Å². The van der Waals surface area contributed by atoms with Gasteiger partial charge in [-0.3, -0.25) is 4.98 Å². The summed E-state index contributed by atoms with van der Waals surface area (Å²) in [5.74, 6) is 2.55. The van der Waals surface area contributed by atoms with E-state index in [1.807, 2.05) is 24.0 Å². The molecule has 1 aliphatic heterocycles. The Bertz CT molecular complexity index is 547. The lowest BCUT2D eigenvalue weighted by molar-refractivity contribution is 0.559.